The van der Waals surface area contributed by atoms with Crippen LogP contribution in [0.4, 0.5) is 16.2 Å². The van der Waals surface area contributed by atoms with E-state index >= 15 is 0 Å². The Labute approximate surface area is 191 Å². The summed E-state index contributed by atoms with van der Waals surface area (Å²) in [5.74, 6) is -0.712. The molecule has 1 aromatic rings. The van der Waals surface area contributed by atoms with E-state index in [-0.39, 0.29) is 24.0 Å². The number of urea groups is 1. The summed E-state index contributed by atoms with van der Waals surface area (Å²) in [6.07, 6.45) is 8.42. The fourth-order valence-corrected chi connectivity index (χ4v) is 4.19. The van der Waals surface area contributed by atoms with Crippen LogP contribution in [0.5, 0.6) is 0 Å². The molecule has 10 nitrogen and oxygen atoms in total. The van der Waals surface area contributed by atoms with E-state index in [0.717, 1.165) is 5.69 Å². The summed E-state index contributed by atoms with van der Waals surface area (Å²) < 4.78 is 0. The van der Waals surface area contributed by atoms with E-state index in [0.29, 0.717) is 51.2 Å². The lowest BCUT2D eigenvalue weighted by atomic mass is 9.95. The molecule has 2 aliphatic heterocycles. The Morgan fingerprint density at radius 2 is 1.79 bits per heavy atom. The predicted molar refractivity (Wildman–Crippen MR) is 122 cm³/mol. The molecule has 4 amide bonds. The Morgan fingerprint density at radius 3 is 2.48 bits per heavy atom. The topological polar surface area (TPSA) is 116 Å². The van der Waals surface area contributed by atoms with Crippen LogP contribution in [0.3, 0.4) is 0 Å². The van der Waals surface area contributed by atoms with Gasteiger partial charge in [-0.15, -0.1) is 0 Å². The van der Waals surface area contributed by atoms with Crippen LogP contribution in [0.15, 0.2) is 53.6 Å². The maximum Gasteiger partial charge on any atom is 0.350 e. The van der Waals surface area contributed by atoms with Gasteiger partial charge in [0.2, 0.25) is 11.8 Å². The number of anilines is 1. The lowest BCUT2D eigenvalue weighted by Gasteiger charge is -2.36. The Hall–Kier alpha value is -3.82. The van der Waals surface area contributed by atoms with Gasteiger partial charge in [-0.3, -0.25) is 24.6 Å². The summed E-state index contributed by atoms with van der Waals surface area (Å²) in [5.41, 5.74) is 1.43. The van der Waals surface area contributed by atoms with Gasteiger partial charge in [-0.25, -0.2) is 4.79 Å². The van der Waals surface area contributed by atoms with E-state index in [2.05, 4.69) is 9.89 Å². The van der Waals surface area contributed by atoms with Gasteiger partial charge in [-0.1, -0.05) is 18.2 Å². The fraction of sp³-hybridized carbons (Fsp3) is 0.391. The van der Waals surface area contributed by atoms with Crippen LogP contribution in [0.25, 0.3) is 0 Å². The second-order valence-electron chi connectivity index (χ2n) is 8.13. The number of piperazine rings is 1. The number of imide groups is 1. The number of fused-ring (bicyclic) bond motifs is 1. The summed E-state index contributed by atoms with van der Waals surface area (Å²) in [6.45, 7) is 2.73. The molecule has 1 saturated heterocycles. The highest BCUT2D eigenvalue weighted by Gasteiger charge is 2.35. The lowest BCUT2D eigenvalue weighted by molar-refractivity contribution is -0.384. The number of amides is 4. The summed E-state index contributed by atoms with van der Waals surface area (Å²) >= 11 is 0. The molecule has 33 heavy (non-hydrogen) atoms. The monoisotopic (exact) mass is 451 g/mol. The van der Waals surface area contributed by atoms with Gasteiger partial charge in [-0.05, 0) is 31.1 Å². The van der Waals surface area contributed by atoms with Crippen LogP contribution < -0.4 is 4.90 Å². The molecule has 0 saturated carbocycles. The molecular formula is C23H25N5O5. The quantitative estimate of drug-likeness (QED) is 0.357. The lowest BCUT2D eigenvalue weighted by Crippen LogP contribution is -2.48. The minimum Gasteiger partial charge on any atom is -0.368 e. The molecule has 1 aromatic carbocycles. The van der Waals surface area contributed by atoms with E-state index in [1.54, 1.807) is 36.4 Å². The number of rotatable bonds is 7. The van der Waals surface area contributed by atoms with Crippen molar-refractivity contribution in [2.45, 2.75) is 19.3 Å². The number of hydrogen-bond donors (Lipinski definition) is 0. The molecule has 1 fully saturated rings. The smallest absolute Gasteiger partial charge is 0.350 e. The first-order valence-electron chi connectivity index (χ1n) is 11.0. The summed E-state index contributed by atoms with van der Waals surface area (Å²) in [6, 6.07) is 5.88. The highest BCUT2D eigenvalue weighted by atomic mass is 16.6. The molecule has 172 valence electrons. The highest BCUT2D eigenvalue weighted by Crippen LogP contribution is 2.22. The van der Waals surface area contributed by atoms with E-state index in [1.807, 2.05) is 4.90 Å². The largest absolute Gasteiger partial charge is 0.368 e. The minimum atomic E-state index is -0.542. The zero-order chi connectivity index (χ0) is 23.4. The summed E-state index contributed by atoms with van der Waals surface area (Å²) in [4.78, 5) is 56.8. The van der Waals surface area contributed by atoms with Gasteiger partial charge in [-0.2, -0.15) is 4.99 Å². The van der Waals surface area contributed by atoms with Crippen molar-refractivity contribution in [2.24, 2.45) is 10.9 Å². The van der Waals surface area contributed by atoms with Crippen molar-refractivity contribution in [3.63, 3.8) is 0 Å². The van der Waals surface area contributed by atoms with Crippen molar-refractivity contribution < 1.29 is 19.3 Å². The average molecular weight is 451 g/mol. The molecule has 1 aliphatic carbocycles. The summed E-state index contributed by atoms with van der Waals surface area (Å²) in [7, 11) is 0. The number of nitro groups is 1. The molecule has 0 radical (unpaired) electrons. The summed E-state index contributed by atoms with van der Waals surface area (Å²) in [5, 5.41) is 10.8. The second-order valence-corrected chi connectivity index (χ2v) is 8.13. The van der Waals surface area contributed by atoms with E-state index in [9.17, 15) is 24.5 Å². The van der Waals surface area contributed by atoms with E-state index < -0.39 is 16.9 Å². The zero-order valence-electron chi connectivity index (χ0n) is 18.1. The van der Waals surface area contributed by atoms with Crippen molar-refractivity contribution in [1.82, 2.24) is 9.80 Å². The van der Waals surface area contributed by atoms with Gasteiger partial charge in [0, 0.05) is 57.0 Å². The third-order valence-electron chi connectivity index (χ3n) is 6.07. The number of benzene rings is 1. The van der Waals surface area contributed by atoms with Crippen LogP contribution in [-0.4, -0.2) is 71.0 Å². The molecular weight excluding hydrogens is 426 g/mol. The molecule has 0 aromatic heterocycles. The van der Waals surface area contributed by atoms with Gasteiger partial charge in [0.1, 0.15) is 0 Å². The molecule has 4 rings (SSSR count). The van der Waals surface area contributed by atoms with E-state index in [1.165, 1.54) is 17.0 Å². The number of carbonyl (C=O) groups excluding carboxylic acids is 3. The number of allylic oxidation sites excluding steroid dienone is 3. The maximum absolute atomic E-state index is 12.6. The Bertz CT molecular complexity index is 1040. The Kier molecular flexibility index (Phi) is 6.62. The van der Waals surface area contributed by atoms with Crippen LogP contribution in [-0.2, 0) is 9.59 Å². The first kappa shape index (κ1) is 22.4. The van der Waals surface area contributed by atoms with Crippen molar-refractivity contribution in [1.29, 1.82) is 0 Å². The number of aliphatic imine (C=N–C) groups is 1. The molecule has 1 unspecified atom stereocenters. The second kappa shape index (κ2) is 9.76. The van der Waals surface area contributed by atoms with Crippen molar-refractivity contribution in [3.8, 4) is 0 Å². The standard InChI is InChI=1S/C23H25N5O5/c29-21(26-15-13-25(14-16-26)17-8-10-18(11-9-17)28(32)33)7-3-4-12-27-22(30)19-5-1-2-6-20(19)24-23(27)31/h1-2,5-6,8-11,19H,3-4,7,12-16H2. The zero-order valence-corrected chi connectivity index (χ0v) is 18.1. The van der Waals surface area contributed by atoms with Crippen LogP contribution in [0.2, 0.25) is 0 Å². The molecule has 10 heteroatoms. The van der Waals surface area contributed by atoms with Crippen LogP contribution >= 0.6 is 0 Å². The number of unbranched alkanes of at least 4 members (excludes halogenated alkanes) is 1. The first-order chi connectivity index (χ1) is 15.9. The van der Waals surface area contributed by atoms with Gasteiger partial charge in [0.25, 0.3) is 5.69 Å². The van der Waals surface area contributed by atoms with Gasteiger partial charge < -0.3 is 9.80 Å². The maximum atomic E-state index is 12.6. The molecule has 0 N–H and O–H groups in total. The molecule has 0 spiro atoms. The van der Waals surface area contributed by atoms with Crippen molar-refractivity contribution >= 4 is 34.9 Å². The van der Waals surface area contributed by atoms with Crippen LogP contribution in [0.1, 0.15) is 19.3 Å². The molecule has 3 aliphatic rings. The molecule has 0 bridgehead atoms. The van der Waals surface area contributed by atoms with Gasteiger partial charge >= 0.3 is 6.03 Å². The number of carbonyl (C=O) groups is 3. The van der Waals surface area contributed by atoms with Crippen LogP contribution in [0, 0.1) is 16.0 Å². The normalized spacial score (nSPS) is 20.1. The van der Waals surface area contributed by atoms with E-state index in [4.69, 9.17) is 0 Å². The average Bonchev–Trinajstić information content (AvgIpc) is 2.83. The van der Waals surface area contributed by atoms with Gasteiger partial charge in [0.05, 0.1) is 16.6 Å². The Balaban J connectivity index is 1.19. The number of nitrogens with zero attached hydrogens (tertiary/aromatic N) is 5. The SMILES string of the molecule is O=C(CCCCN1C(=O)N=C2C=CC=CC2C1=O)N1CCN(c2ccc([N+](=O)[O-])cc2)CC1. The number of non-ortho nitro benzene ring substituents is 1. The third kappa shape index (κ3) is 5.00. The third-order valence-corrected chi connectivity index (χ3v) is 6.07. The predicted octanol–water partition coefficient (Wildman–Crippen LogP) is 2.56. The molecule has 2 heterocycles. The number of nitro benzene ring substituents is 1. The van der Waals surface area contributed by atoms with Crippen molar-refractivity contribution in [2.75, 3.05) is 37.6 Å². The number of hydrogen-bond acceptors (Lipinski definition) is 6. The fourth-order valence-electron chi connectivity index (χ4n) is 4.19. The van der Waals surface area contributed by atoms with Gasteiger partial charge in [0.15, 0.2) is 0 Å². The minimum absolute atomic E-state index is 0.0512. The van der Waals surface area contributed by atoms with Crippen molar-refractivity contribution in [3.05, 3.63) is 58.7 Å². The molecule has 1 atom stereocenters. The highest BCUT2D eigenvalue weighted by molar-refractivity contribution is 6.21. The first-order valence-corrected chi connectivity index (χ1v) is 11.0. The Morgan fingerprint density at radius 1 is 1.06 bits per heavy atom.